The fourth-order valence-electron chi connectivity index (χ4n) is 2.77. The summed E-state index contributed by atoms with van der Waals surface area (Å²) in [6.07, 6.45) is 0. The summed E-state index contributed by atoms with van der Waals surface area (Å²) >= 11 is 0. The van der Waals surface area contributed by atoms with Crippen LogP contribution in [0.4, 0.5) is 0 Å². The predicted molar refractivity (Wildman–Crippen MR) is 62.5 cm³/mol. The van der Waals surface area contributed by atoms with Crippen molar-refractivity contribution < 1.29 is 4.74 Å². The van der Waals surface area contributed by atoms with E-state index in [4.69, 9.17) is 4.74 Å². The number of fused-ring (bicyclic) bond motifs is 1. The van der Waals surface area contributed by atoms with Gasteiger partial charge in [-0.3, -0.25) is 0 Å². The van der Waals surface area contributed by atoms with Gasteiger partial charge in [0.05, 0.1) is 13.2 Å². The largest absolute Gasteiger partial charge is 0.380 e. The molecule has 15 heavy (non-hydrogen) atoms. The van der Waals surface area contributed by atoms with Gasteiger partial charge in [0.2, 0.25) is 0 Å². The van der Waals surface area contributed by atoms with Crippen LogP contribution < -0.4 is 5.32 Å². The first kappa shape index (κ1) is 10.9. The second-order valence-electron chi connectivity index (χ2n) is 4.37. The Bertz CT molecular complexity index is 318. The summed E-state index contributed by atoms with van der Waals surface area (Å²) in [4.78, 5) is 0. The third-order valence-corrected chi connectivity index (χ3v) is 3.64. The van der Waals surface area contributed by atoms with E-state index in [1.54, 1.807) is 0 Å². The minimum atomic E-state index is 0. The Morgan fingerprint density at radius 1 is 1.27 bits per heavy atom. The summed E-state index contributed by atoms with van der Waals surface area (Å²) in [5.41, 5.74) is 1.70. The monoisotopic (exact) mass is 225 g/mol. The van der Waals surface area contributed by atoms with Crippen LogP contribution in [0.3, 0.4) is 0 Å². The fourth-order valence-corrected chi connectivity index (χ4v) is 2.77. The zero-order valence-corrected chi connectivity index (χ0v) is 9.43. The maximum atomic E-state index is 5.63. The summed E-state index contributed by atoms with van der Waals surface area (Å²) in [6.45, 7) is 3.98. The molecule has 3 rings (SSSR count). The lowest BCUT2D eigenvalue weighted by Gasteiger charge is -2.26. The Morgan fingerprint density at radius 2 is 2.07 bits per heavy atom. The first-order valence-corrected chi connectivity index (χ1v) is 5.26. The predicted octanol–water partition coefficient (Wildman–Crippen LogP) is 1.60. The summed E-state index contributed by atoms with van der Waals surface area (Å²) in [6, 6.07) is 10.8. The third kappa shape index (κ3) is 1.57. The van der Waals surface area contributed by atoms with Crippen molar-refractivity contribution >= 4 is 12.4 Å². The summed E-state index contributed by atoms with van der Waals surface area (Å²) in [5.74, 6) is 0.671. The van der Waals surface area contributed by atoms with E-state index in [-0.39, 0.29) is 17.8 Å². The highest BCUT2D eigenvalue weighted by atomic mass is 35.5. The number of rotatable bonds is 1. The summed E-state index contributed by atoms with van der Waals surface area (Å²) in [5, 5.41) is 3.48. The van der Waals surface area contributed by atoms with Crippen LogP contribution in [-0.4, -0.2) is 26.3 Å². The van der Waals surface area contributed by atoms with Crippen molar-refractivity contribution in [1.82, 2.24) is 5.32 Å². The van der Waals surface area contributed by atoms with Crippen LogP contribution in [-0.2, 0) is 10.2 Å². The average molecular weight is 226 g/mol. The van der Waals surface area contributed by atoms with Gasteiger partial charge in [-0.25, -0.2) is 0 Å². The second-order valence-corrected chi connectivity index (χ2v) is 4.37. The molecule has 0 bridgehead atoms. The van der Waals surface area contributed by atoms with Crippen molar-refractivity contribution in [2.45, 2.75) is 5.41 Å². The molecular formula is C12H16ClNO. The molecule has 3 heteroatoms. The van der Waals surface area contributed by atoms with Gasteiger partial charge < -0.3 is 10.1 Å². The molecule has 1 aromatic rings. The lowest BCUT2D eigenvalue weighted by atomic mass is 9.75. The molecule has 0 aromatic heterocycles. The van der Waals surface area contributed by atoms with Crippen molar-refractivity contribution in [3.05, 3.63) is 35.9 Å². The molecule has 2 atom stereocenters. The second kappa shape index (κ2) is 4.12. The zero-order valence-electron chi connectivity index (χ0n) is 8.61. The molecule has 0 unspecified atom stereocenters. The number of nitrogens with one attached hydrogen (secondary N) is 1. The molecule has 0 amide bonds. The van der Waals surface area contributed by atoms with E-state index in [0.717, 1.165) is 26.3 Å². The minimum Gasteiger partial charge on any atom is -0.380 e. The lowest BCUT2D eigenvalue weighted by molar-refractivity contribution is 0.170. The van der Waals surface area contributed by atoms with Crippen LogP contribution in [0.25, 0.3) is 0 Å². The van der Waals surface area contributed by atoms with Gasteiger partial charge in [-0.15, -0.1) is 12.4 Å². The maximum Gasteiger partial charge on any atom is 0.0579 e. The molecule has 1 N–H and O–H groups in total. The quantitative estimate of drug-likeness (QED) is 0.784. The van der Waals surface area contributed by atoms with Gasteiger partial charge in [-0.1, -0.05) is 30.3 Å². The molecule has 2 aliphatic rings. The number of benzene rings is 1. The van der Waals surface area contributed by atoms with Crippen LogP contribution >= 0.6 is 12.4 Å². The smallest absolute Gasteiger partial charge is 0.0579 e. The van der Waals surface area contributed by atoms with Gasteiger partial charge >= 0.3 is 0 Å². The van der Waals surface area contributed by atoms with Gasteiger partial charge in [-0.2, -0.15) is 0 Å². The Labute approximate surface area is 96.4 Å². The third-order valence-electron chi connectivity index (χ3n) is 3.64. The van der Waals surface area contributed by atoms with Crippen LogP contribution in [0.1, 0.15) is 5.56 Å². The first-order valence-electron chi connectivity index (χ1n) is 5.26. The molecule has 2 nitrogen and oxygen atoms in total. The number of hydrogen-bond donors (Lipinski definition) is 1. The maximum absolute atomic E-state index is 5.63. The SMILES string of the molecule is Cl.c1ccc([C@]23CNC[C@H]2COC3)cc1. The van der Waals surface area contributed by atoms with Crippen molar-refractivity contribution in [3.8, 4) is 0 Å². The summed E-state index contributed by atoms with van der Waals surface area (Å²) < 4.78 is 5.63. The van der Waals surface area contributed by atoms with E-state index in [1.807, 2.05) is 0 Å². The van der Waals surface area contributed by atoms with Crippen molar-refractivity contribution in [3.63, 3.8) is 0 Å². The molecule has 2 fully saturated rings. The van der Waals surface area contributed by atoms with E-state index in [1.165, 1.54) is 5.56 Å². The van der Waals surface area contributed by atoms with E-state index >= 15 is 0 Å². The minimum absolute atomic E-state index is 0. The van der Waals surface area contributed by atoms with Crippen molar-refractivity contribution in [1.29, 1.82) is 0 Å². The molecule has 2 saturated heterocycles. The standard InChI is InChI=1S/C12H15NO.ClH/c1-2-4-10(5-3-1)12-8-13-6-11(12)7-14-9-12;/h1-5,11,13H,6-9H2;1H/t11-,12+;/m0./s1. The Balaban J connectivity index is 0.000000853. The van der Waals surface area contributed by atoms with Crippen LogP contribution in [0, 0.1) is 5.92 Å². The topological polar surface area (TPSA) is 21.3 Å². The molecule has 2 heterocycles. The van der Waals surface area contributed by atoms with Crippen LogP contribution in [0.5, 0.6) is 0 Å². The Morgan fingerprint density at radius 3 is 2.87 bits per heavy atom. The van der Waals surface area contributed by atoms with Crippen LogP contribution in [0.15, 0.2) is 30.3 Å². The molecule has 82 valence electrons. The molecule has 0 spiro atoms. The fraction of sp³-hybridized carbons (Fsp3) is 0.500. The highest BCUT2D eigenvalue weighted by Crippen LogP contribution is 2.40. The number of halogens is 1. The van der Waals surface area contributed by atoms with Gasteiger partial charge in [-0.05, 0) is 5.56 Å². The normalized spacial score (nSPS) is 33.5. The van der Waals surface area contributed by atoms with Crippen molar-refractivity contribution in [2.75, 3.05) is 26.3 Å². The molecule has 1 aromatic carbocycles. The molecule has 0 radical (unpaired) electrons. The van der Waals surface area contributed by atoms with E-state index in [2.05, 4.69) is 35.6 Å². The highest BCUT2D eigenvalue weighted by Gasteiger charge is 2.48. The van der Waals surface area contributed by atoms with Gasteiger partial charge in [0.25, 0.3) is 0 Å². The molecule has 2 aliphatic heterocycles. The number of ether oxygens (including phenoxy) is 1. The van der Waals surface area contributed by atoms with Crippen LogP contribution in [0.2, 0.25) is 0 Å². The van der Waals surface area contributed by atoms with Gasteiger partial charge in [0.15, 0.2) is 0 Å². The van der Waals surface area contributed by atoms with Gasteiger partial charge in [0.1, 0.15) is 0 Å². The van der Waals surface area contributed by atoms with E-state index < -0.39 is 0 Å². The Hall–Kier alpha value is -0.570. The summed E-state index contributed by atoms with van der Waals surface area (Å²) in [7, 11) is 0. The van der Waals surface area contributed by atoms with E-state index in [9.17, 15) is 0 Å². The average Bonchev–Trinajstić information content (AvgIpc) is 2.77. The number of hydrogen-bond acceptors (Lipinski definition) is 2. The molecule has 0 aliphatic carbocycles. The molecule has 0 saturated carbocycles. The van der Waals surface area contributed by atoms with Crippen molar-refractivity contribution in [2.24, 2.45) is 5.92 Å². The highest BCUT2D eigenvalue weighted by molar-refractivity contribution is 5.85. The first-order chi connectivity index (χ1) is 6.92. The Kier molecular flexibility index (Phi) is 3.01. The molecular weight excluding hydrogens is 210 g/mol. The van der Waals surface area contributed by atoms with Gasteiger partial charge in [0, 0.05) is 24.4 Å². The zero-order chi connectivity index (χ0) is 9.43. The lowest BCUT2D eigenvalue weighted by Crippen LogP contribution is -2.34. The van der Waals surface area contributed by atoms with E-state index in [0.29, 0.717) is 5.92 Å².